The summed E-state index contributed by atoms with van der Waals surface area (Å²) in [5.41, 5.74) is 2.60. The molecule has 0 bridgehead atoms. The molecule has 0 aliphatic carbocycles. The van der Waals surface area contributed by atoms with Crippen LogP contribution in [-0.2, 0) is 0 Å². The summed E-state index contributed by atoms with van der Waals surface area (Å²) in [6.45, 7) is 1.95. The molecule has 92 valence electrons. The molecule has 0 atom stereocenters. The Hall–Kier alpha value is -1.87. The van der Waals surface area contributed by atoms with Crippen molar-refractivity contribution in [3.8, 4) is 5.75 Å². The number of methoxy groups -OCH3 is 1. The molecule has 0 aliphatic heterocycles. The maximum Gasteiger partial charge on any atom is 0.119 e. The van der Waals surface area contributed by atoms with Gasteiger partial charge in [-0.2, -0.15) is 10.2 Å². The molecule has 4 heteroatoms. The standard InChI is InChI=1S/C14H13ClN2O/c1-10-9-11(15)3-8-14(10)17-16-12-4-6-13(18-2)7-5-12/h3-9H,1-2H3. The van der Waals surface area contributed by atoms with E-state index >= 15 is 0 Å². The number of azo groups is 1. The summed E-state index contributed by atoms with van der Waals surface area (Å²) < 4.78 is 5.08. The predicted octanol–water partition coefficient (Wildman–Crippen LogP) is 5.07. The highest BCUT2D eigenvalue weighted by atomic mass is 35.5. The van der Waals surface area contributed by atoms with Crippen LogP contribution < -0.4 is 4.74 Å². The van der Waals surface area contributed by atoms with E-state index in [1.54, 1.807) is 13.2 Å². The van der Waals surface area contributed by atoms with Gasteiger partial charge >= 0.3 is 0 Å². The first kappa shape index (κ1) is 12.6. The Kier molecular flexibility index (Phi) is 3.95. The first-order valence-corrected chi connectivity index (χ1v) is 5.89. The van der Waals surface area contributed by atoms with Gasteiger partial charge in [0, 0.05) is 5.02 Å². The van der Waals surface area contributed by atoms with Crippen LogP contribution in [0.3, 0.4) is 0 Å². The van der Waals surface area contributed by atoms with Gasteiger partial charge in [-0.15, -0.1) is 0 Å². The van der Waals surface area contributed by atoms with Gasteiger partial charge in [-0.05, 0) is 55.0 Å². The lowest BCUT2D eigenvalue weighted by Gasteiger charge is -2.00. The van der Waals surface area contributed by atoms with Gasteiger partial charge in [-0.25, -0.2) is 0 Å². The molecule has 2 aromatic carbocycles. The maximum atomic E-state index is 5.88. The largest absolute Gasteiger partial charge is 0.497 e. The fraction of sp³-hybridized carbons (Fsp3) is 0.143. The Bertz CT molecular complexity index is 565. The van der Waals surface area contributed by atoms with E-state index < -0.39 is 0 Å². The van der Waals surface area contributed by atoms with Crippen molar-refractivity contribution in [2.45, 2.75) is 6.92 Å². The second-order valence-electron chi connectivity index (χ2n) is 3.83. The number of benzene rings is 2. The molecule has 18 heavy (non-hydrogen) atoms. The third kappa shape index (κ3) is 3.08. The summed E-state index contributed by atoms with van der Waals surface area (Å²) in [4.78, 5) is 0. The number of hydrogen-bond donors (Lipinski definition) is 0. The van der Waals surface area contributed by atoms with Crippen LogP contribution in [0.1, 0.15) is 5.56 Å². The molecule has 0 spiro atoms. The maximum absolute atomic E-state index is 5.88. The second-order valence-corrected chi connectivity index (χ2v) is 4.27. The van der Waals surface area contributed by atoms with Gasteiger partial charge < -0.3 is 4.74 Å². The number of rotatable bonds is 3. The number of ether oxygens (including phenoxy) is 1. The van der Waals surface area contributed by atoms with Crippen LogP contribution in [0.5, 0.6) is 5.75 Å². The summed E-state index contributed by atoms with van der Waals surface area (Å²) in [6, 6.07) is 12.9. The van der Waals surface area contributed by atoms with Gasteiger partial charge in [-0.1, -0.05) is 11.6 Å². The van der Waals surface area contributed by atoms with Gasteiger partial charge in [0.05, 0.1) is 18.5 Å². The number of hydrogen-bond acceptors (Lipinski definition) is 3. The van der Waals surface area contributed by atoms with Crippen LogP contribution in [0, 0.1) is 6.92 Å². The lowest BCUT2D eigenvalue weighted by atomic mass is 10.2. The molecule has 2 aromatic rings. The van der Waals surface area contributed by atoms with E-state index in [9.17, 15) is 0 Å². The molecule has 0 aliphatic rings. The van der Waals surface area contributed by atoms with Gasteiger partial charge in [0.15, 0.2) is 0 Å². The van der Waals surface area contributed by atoms with E-state index in [4.69, 9.17) is 16.3 Å². The Morgan fingerprint density at radius 2 is 1.72 bits per heavy atom. The third-order valence-corrected chi connectivity index (χ3v) is 2.74. The Labute approximate surface area is 111 Å². The molecule has 0 fully saturated rings. The minimum absolute atomic E-state index is 0.705. The van der Waals surface area contributed by atoms with Crippen LogP contribution in [0.4, 0.5) is 11.4 Å². The molecule has 0 saturated heterocycles. The van der Waals surface area contributed by atoms with Crippen LogP contribution >= 0.6 is 11.6 Å². The van der Waals surface area contributed by atoms with Crippen LogP contribution in [0.25, 0.3) is 0 Å². The second kappa shape index (κ2) is 5.65. The van der Waals surface area contributed by atoms with Crippen molar-refractivity contribution in [1.29, 1.82) is 0 Å². The first-order valence-electron chi connectivity index (χ1n) is 5.51. The molecule has 0 heterocycles. The van der Waals surface area contributed by atoms with Gasteiger partial charge in [0.25, 0.3) is 0 Å². The minimum atomic E-state index is 0.705. The third-order valence-electron chi connectivity index (χ3n) is 2.50. The Balaban J connectivity index is 2.19. The zero-order valence-corrected chi connectivity index (χ0v) is 11.0. The molecule has 3 nitrogen and oxygen atoms in total. The first-order chi connectivity index (χ1) is 8.69. The van der Waals surface area contributed by atoms with Crippen LogP contribution in [-0.4, -0.2) is 7.11 Å². The topological polar surface area (TPSA) is 34.0 Å². The van der Waals surface area contributed by atoms with E-state index in [-0.39, 0.29) is 0 Å². The van der Waals surface area contributed by atoms with E-state index in [2.05, 4.69) is 10.2 Å². The summed E-state index contributed by atoms with van der Waals surface area (Å²) in [5.74, 6) is 0.802. The molecule has 0 saturated carbocycles. The number of nitrogens with zero attached hydrogens (tertiary/aromatic N) is 2. The SMILES string of the molecule is COc1ccc(N=Nc2ccc(Cl)cc2C)cc1. The van der Waals surface area contributed by atoms with Crippen molar-refractivity contribution < 1.29 is 4.74 Å². The van der Waals surface area contributed by atoms with E-state index in [0.717, 1.165) is 22.7 Å². The monoisotopic (exact) mass is 260 g/mol. The predicted molar refractivity (Wildman–Crippen MR) is 73.4 cm³/mol. The van der Waals surface area contributed by atoms with Crippen molar-refractivity contribution in [3.63, 3.8) is 0 Å². The highest BCUT2D eigenvalue weighted by Crippen LogP contribution is 2.25. The van der Waals surface area contributed by atoms with Crippen molar-refractivity contribution in [2.75, 3.05) is 7.11 Å². The smallest absolute Gasteiger partial charge is 0.119 e. The molecule has 0 N–H and O–H groups in total. The van der Waals surface area contributed by atoms with Gasteiger partial charge in [-0.3, -0.25) is 0 Å². The molecule has 0 aromatic heterocycles. The average molecular weight is 261 g/mol. The summed E-state index contributed by atoms with van der Waals surface area (Å²) >= 11 is 5.88. The Morgan fingerprint density at radius 3 is 2.33 bits per heavy atom. The fourth-order valence-corrected chi connectivity index (χ4v) is 1.72. The molecular weight excluding hydrogens is 248 g/mol. The van der Waals surface area contributed by atoms with Gasteiger partial charge in [0.2, 0.25) is 0 Å². The zero-order chi connectivity index (χ0) is 13.0. The lowest BCUT2D eigenvalue weighted by molar-refractivity contribution is 0.415. The Morgan fingerprint density at radius 1 is 1.00 bits per heavy atom. The van der Waals surface area contributed by atoms with Crippen LogP contribution in [0.2, 0.25) is 5.02 Å². The van der Waals surface area contributed by atoms with Crippen molar-refractivity contribution >= 4 is 23.0 Å². The molecule has 0 unspecified atom stereocenters. The molecule has 0 amide bonds. The zero-order valence-electron chi connectivity index (χ0n) is 10.2. The van der Waals surface area contributed by atoms with Gasteiger partial charge in [0.1, 0.15) is 5.75 Å². The van der Waals surface area contributed by atoms with Crippen molar-refractivity contribution in [3.05, 3.63) is 53.1 Å². The van der Waals surface area contributed by atoms with Crippen molar-refractivity contribution in [2.24, 2.45) is 10.2 Å². The normalized spacial score (nSPS) is 10.8. The molecule has 0 radical (unpaired) electrons. The van der Waals surface area contributed by atoms with E-state index in [1.807, 2.05) is 43.3 Å². The number of halogens is 1. The summed E-state index contributed by atoms with van der Waals surface area (Å²) in [6.07, 6.45) is 0. The van der Waals surface area contributed by atoms with Crippen molar-refractivity contribution in [1.82, 2.24) is 0 Å². The highest BCUT2D eigenvalue weighted by molar-refractivity contribution is 6.30. The summed E-state index contributed by atoms with van der Waals surface area (Å²) in [5, 5.41) is 9.07. The van der Waals surface area contributed by atoms with E-state index in [0.29, 0.717) is 5.02 Å². The highest BCUT2D eigenvalue weighted by Gasteiger charge is 1.97. The van der Waals surface area contributed by atoms with Crippen LogP contribution in [0.15, 0.2) is 52.7 Å². The lowest BCUT2D eigenvalue weighted by Crippen LogP contribution is -1.79. The minimum Gasteiger partial charge on any atom is -0.497 e. The number of aryl methyl sites for hydroxylation is 1. The molecule has 2 rings (SSSR count). The van der Waals surface area contributed by atoms with E-state index in [1.165, 1.54) is 0 Å². The molecular formula is C14H13ClN2O. The quantitative estimate of drug-likeness (QED) is 0.709. The fourth-order valence-electron chi connectivity index (χ4n) is 1.49. The average Bonchev–Trinajstić information content (AvgIpc) is 2.38. The summed E-state index contributed by atoms with van der Waals surface area (Å²) in [7, 11) is 1.63.